The highest BCUT2D eigenvalue weighted by Crippen LogP contribution is 2.60. The summed E-state index contributed by atoms with van der Waals surface area (Å²) in [4.78, 5) is 15.5. The number of carbonyl (C=O) groups is 1. The van der Waals surface area contributed by atoms with E-state index in [2.05, 4.69) is 51.9 Å². The fourth-order valence-electron chi connectivity index (χ4n) is 5.88. The van der Waals surface area contributed by atoms with Crippen molar-refractivity contribution in [3.63, 3.8) is 0 Å². The summed E-state index contributed by atoms with van der Waals surface area (Å²) in [5.74, 6) is 1.16. The maximum Gasteiger partial charge on any atom is 0.331 e. The molecule has 0 spiro atoms. The molecule has 0 bridgehead atoms. The van der Waals surface area contributed by atoms with Gasteiger partial charge in [0.05, 0.1) is 5.71 Å². The topological polar surface area (TPSA) is 38.7 Å². The van der Waals surface area contributed by atoms with Gasteiger partial charge in [0.1, 0.15) is 0 Å². The largest absolute Gasteiger partial charge is 0.331 e. The van der Waals surface area contributed by atoms with Crippen molar-refractivity contribution >= 4 is 11.7 Å². The number of hydrogen-bond acceptors (Lipinski definition) is 3. The standard InChI is InChI=1S/C25H41NO2/c1-18(10-8-11-20(3)26-28-21(4)27)12-14-22-19(2)13-15-23-24(5,6)16-9-17-25(22,23)7/h10,13,22-23H,8-9,11-12,14-17H2,1-7H3/b18-10+,26-20+/t22-,23-,25-/m0/s1. The first-order chi connectivity index (χ1) is 13.1. The van der Waals surface area contributed by atoms with Crippen LogP contribution in [-0.4, -0.2) is 11.7 Å². The molecular weight excluding hydrogens is 346 g/mol. The van der Waals surface area contributed by atoms with E-state index in [-0.39, 0.29) is 5.97 Å². The van der Waals surface area contributed by atoms with Crippen molar-refractivity contribution in [2.75, 3.05) is 0 Å². The maximum atomic E-state index is 10.8. The van der Waals surface area contributed by atoms with E-state index in [4.69, 9.17) is 4.84 Å². The fraction of sp³-hybridized carbons (Fsp3) is 0.760. The molecule has 3 heteroatoms. The molecule has 3 nitrogen and oxygen atoms in total. The first-order valence-electron chi connectivity index (χ1n) is 11.1. The van der Waals surface area contributed by atoms with Gasteiger partial charge in [0.25, 0.3) is 0 Å². The number of oxime groups is 1. The number of hydrogen-bond donors (Lipinski definition) is 0. The molecule has 0 aromatic rings. The Labute approximate surface area is 172 Å². The number of fused-ring (bicyclic) bond motifs is 1. The Bertz CT molecular complexity index is 655. The van der Waals surface area contributed by atoms with Crippen LogP contribution < -0.4 is 0 Å². The van der Waals surface area contributed by atoms with Crippen LogP contribution >= 0.6 is 0 Å². The minimum absolute atomic E-state index is 0.361. The molecule has 2 rings (SSSR count). The van der Waals surface area contributed by atoms with E-state index in [1.165, 1.54) is 51.0 Å². The van der Waals surface area contributed by atoms with E-state index in [9.17, 15) is 4.79 Å². The van der Waals surface area contributed by atoms with E-state index in [0.717, 1.165) is 24.5 Å². The third-order valence-electron chi connectivity index (χ3n) is 7.45. The molecule has 0 unspecified atom stereocenters. The third kappa shape index (κ3) is 5.58. The lowest BCUT2D eigenvalue weighted by Crippen LogP contribution is -2.48. The predicted molar refractivity (Wildman–Crippen MR) is 118 cm³/mol. The molecule has 1 fully saturated rings. The molecule has 0 aliphatic heterocycles. The normalized spacial score (nSPS) is 30.5. The second-order valence-corrected chi connectivity index (χ2v) is 10.2. The highest BCUT2D eigenvalue weighted by atomic mass is 16.7. The van der Waals surface area contributed by atoms with Gasteiger partial charge in [0.15, 0.2) is 0 Å². The van der Waals surface area contributed by atoms with E-state index in [1.54, 1.807) is 5.57 Å². The molecule has 0 heterocycles. The van der Waals surface area contributed by atoms with Crippen LogP contribution in [0.2, 0.25) is 0 Å². The first-order valence-corrected chi connectivity index (χ1v) is 11.1. The lowest BCUT2D eigenvalue weighted by molar-refractivity contribution is -0.140. The van der Waals surface area contributed by atoms with E-state index >= 15 is 0 Å². The van der Waals surface area contributed by atoms with E-state index in [1.807, 2.05) is 6.92 Å². The van der Waals surface area contributed by atoms with Crippen molar-refractivity contribution in [2.24, 2.45) is 27.8 Å². The molecule has 2 aliphatic carbocycles. The zero-order chi connectivity index (χ0) is 20.9. The lowest BCUT2D eigenvalue weighted by Gasteiger charge is -2.57. The van der Waals surface area contributed by atoms with Gasteiger partial charge in [0, 0.05) is 6.92 Å². The molecule has 3 atom stereocenters. The molecule has 1 saturated carbocycles. The summed E-state index contributed by atoms with van der Waals surface area (Å²) in [5.41, 5.74) is 4.87. The minimum Gasteiger partial charge on any atom is -0.319 e. The van der Waals surface area contributed by atoms with Gasteiger partial charge in [-0.05, 0) is 88.4 Å². The van der Waals surface area contributed by atoms with Crippen LogP contribution in [-0.2, 0) is 9.63 Å². The Kier molecular flexibility index (Phi) is 7.70. The van der Waals surface area contributed by atoms with Crippen molar-refractivity contribution in [2.45, 2.75) is 99.8 Å². The van der Waals surface area contributed by atoms with Crippen LogP contribution in [0.1, 0.15) is 99.8 Å². The van der Waals surface area contributed by atoms with Crippen LogP contribution in [0, 0.1) is 22.7 Å². The van der Waals surface area contributed by atoms with Crippen molar-refractivity contribution in [1.82, 2.24) is 0 Å². The van der Waals surface area contributed by atoms with Crippen molar-refractivity contribution in [1.29, 1.82) is 0 Å². The molecule has 0 radical (unpaired) electrons. The fourth-order valence-corrected chi connectivity index (χ4v) is 5.88. The van der Waals surface area contributed by atoms with Gasteiger partial charge in [-0.3, -0.25) is 0 Å². The van der Waals surface area contributed by atoms with Gasteiger partial charge in [-0.15, -0.1) is 0 Å². The smallest absolute Gasteiger partial charge is 0.319 e. The van der Waals surface area contributed by atoms with Gasteiger partial charge >= 0.3 is 5.97 Å². The molecule has 2 aliphatic rings. The van der Waals surface area contributed by atoms with Gasteiger partial charge < -0.3 is 4.84 Å². The quantitative estimate of drug-likeness (QED) is 0.200. The van der Waals surface area contributed by atoms with Gasteiger partial charge in [-0.25, -0.2) is 4.79 Å². The predicted octanol–water partition coefficient (Wildman–Crippen LogP) is 7.23. The second-order valence-electron chi connectivity index (χ2n) is 10.2. The number of allylic oxidation sites excluding steroid dienone is 4. The first kappa shape index (κ1) is 22.9. The Morgan fingerprint density at radius 1 is 1.21 bits per heavy atom. The molecule has 0 N–H and O–H groups in total. The highest BCUT2D eigenvalue weighted by Gasteiger charge is 2.51. The molecular formula is C25H41NO2. The Morgan fingerprint density at radius 3 is 2.61 bits per heavy atom. The van der Waals surface area contributed by atoms with E-state index < -0.39 is 0 Å². The molecule has 0 aromatic heterocycles. The van der Waals surface area contributed by atoms with Crippen LogP contribution in [0.15, 0.2) is 28.5 Å². The summed E-state index contributed by atoms with van der Waals surface area (Å²) in [6.45, 7) is 15.5. The summed E-state index contributed by atoms with van der Waals surface area (Å²) in [7, 11) is 0. The summed E-state index contributed by atoms with van der Waals surface area (Å²) < 4.78 is 0. The maximum absolute atomic E-state index is 10.8. The van der Waals surface area contributed by atoms with Gasteiger partial charge in [-0.2, -0.15) is 0 Å². The van der Waals surface area contributed by atoms with Crippen molar-refractivity contribution < 1.29 is 9.63 Å². The summed E-state index contributed by atoms with van der Waals surface area (Å²) in [6.07, 6.45) is 14.5. The molecule has 158 valence electrons. The molecule has 0 amide bonds. The Hall–Kier alpha value is -1.38. The molecule has 28 heavy (non-hydrogen) atoms. The average Bonchev–Trinajstić information content (AvgIpc) is 2.58. The van der Waals surface area contributed by atoms with Gasteiger partial charge in [-0.1, -0.05) is 55.6 Å². The number of nitrogens with zero attached hydrogens (tertiary/aromatic N) is 1. The Morgan fingerprint density at radius 2 is 1.93 bits per heavy atom. The number of carbonyl (C=O) groups excluding carboxylic acids is 1. The van der Waals surface area contributed by atoms with Gasteiger partial charge in [0.2, 0.25) is 0 Å². The van der Waals surface area contributed by atoms with Crippen LogP contribution in [0.5, 0.6) is 0 Å². The van der Waals surface area contributed by atoms with Crippen molar-refractivity contribution in [3.8, 4) is 0 Å². The lowest BCUT2D eigenvalue weighted by atomic mass is 9.48. The highest BCUT2D eigenvalue weighted by molar-refractivity contribution is 5.82. The van der Waals surface area contributed by atoms with Crippen LogP contribution in [0.3, 0.4) is 0 Å². The monoisotopic (exact) mass is 387 g/mol. The van der Waals surface area contributed by atoms with E-state index in [0.29, 0.717) is 16.7 Å². The second kappa shape index (κ2) is 9.41. The zero-order valence-electron chi connectivity index (χ0n) is 19.2. The Balaban J connectivity index is 1.95. The zero-order valence-corrected chi connectivity index (χ0v) is 19.2. The van der Waals surface area contributed by atoms with Crippen LogP contribution in [0.4, 0.5) is 0 Å². The summed E-state index contributed by atoms with van der Waals surface area (Å²) in [5, 5.41) is 3.85. The van der Waals surface area contributed by atoms with Crippen molar-refractivity contribution in [3.05, 3.63) is 23.3 Å². The molecule has 0 aromatic carbocycles. The summed E-state index contributed by atoms with van der Waals surface area (Å²) >= 11 is 0. The number of rotatable bonds is 7. The van der Waals surface area contributed by atoms with Crippen LogP contribution in [0.25, 0.3) is 0 Å². The average molecular weight is 388 g/mol. The molecule has 0 saturated heterocycles. The third-order valence-corrected chi connectivity index (χ3v) is 7.45. The summed E-state index contributed by atoms with van der Waals surface area (Å²) in [6, 6.07) is 0. The SMILES string of the molecule is CC(=O)O/N=C(\C)CC/C=C(\C)CC[C@H]1C(C)=CC[C@H]2C(C)(C)CCC[C@@]12C. The minimum atomic E-state index is -0.361.